The van der Waals surface area contributed by atoms with Gasteiger partial charge in [0, 0.05) is 16.6 Å². The van der Waals surface area contributed by atoms with Crippen molar-refractivity contribution in [1.82, 2.24) is 9.62 Å². The molecule has 8 heteroatoms. The molecule has 1 heterocycles. The second kappa shape index (κ2) is 8.68. The summed E-state index contributed by atoms with van der Waals surface area (Å²) >= 11 is 3.13. The maximum absolute atomic E-state index is 13.3. The lowest BCUT2D eigenvalue weighted by atomic mass is 10.0. The lowest BCUT2D eigenvalue weighted by Gasteiger charge is -2.29. The van der Waals surface area contributed by atoms with E-state index in [0.717, 1.165) is 49.4 Å². The number of likely N-dealkylation sites (tertiary alicyclic amines) is 1. The van der Waals surface area contributed by atoms with Gasteiger partial charge in [0.2, 0.25) is 10.0 Å². The second-order valence-corrected chi connectivity index (χ2v) is 9.02. The van der Waals surface area contributed by atoms with E-state index >= 15 is 0 Å². The summed E-state index contributed by atoms with van der Waals surface area (Å²) in [6.45, 7) is 2.02. The topological polar surface area (TPSA) is 58.6 Å². The van der Waals surface area contributed by atoms with Crippen LogP contribution in [0.15, 0.2) is 51.8 Å². The van der Waals surface area contributed by atoms with Gasteiger partial charge in [-0.15, -0.1) is 0 Å². The van der Waals surface area contributed by atoms with Crippen molar-refractivity contribution >= 4 is 26.0 Å². The fourth-order valence-electron chi connectivity index (χ4n) is 3.39. The van der Waals surface area contributed by atoms with E-state index < -0.39 is 15.8 Å². The summed E-state index contributed by atoms with van der Waals surface area (Å²) in [5.41, 5.74) is 0.947. The number of hydrogen-bond acceptors (Lipinski definition) is 4. The number of halogens is 2. The van der Waals surface area contributed by atoms with Crippen LogP contribution in [0.4, 0.5) is 4.39 Å². The molecule has 1 aliphatic heterocycles. The van der Waals surface area contributed by atoms with Crippen LogP contribution in [0.5, 0.6) is 5.75 Å². The number of sulfonamides is 1. The van der Waals surface area contributed by atoms with E-state index in [9.17, 15) is 12.8 Å². The maximum atomic E-state index is 13.3. The van der Waals surface area contributed by atoms with Crippen LogP contribution in [0.3, 0.4) is 0 Å². The molecule has 1 saturated heterocycles. The smallest absolute Gasteiger partial charge is 0.241 e. The Hall–Kier alpha value is -1.48. The highest BCUT2D eigenvalue weighted by Crippen LogP contribution is 2.32. The van der Waals surface area contributed by atoms with E-state index in [2.05, 4.69) is 25.6 Å². The molecule has 1 aliphatic rings. The van der Waals surface area contributed by atoms with E-state index in [1.165, 1.54) is 6.07 Å². The van der Waals surface area contributed by atoms with Crippen LogP contribution in [0.2, 0.25) is 0 Å². The highest BCUT2D eigenvalue weighted by Gasteiger charge is 2.28. The van der Waals surface area contributed by atoms with Crippen LogP contribution < -0.4 is 9.46 Å². The molecular formula is C19H22BrFN2O3S. The molecule has 5 nitrogen and oxygen atoms in total. The molecule has 0 aromatic heterocycles. The molecule has 2 aromatic carbocycles. The normalized spacial score (nSPS) is 16.4. The molecule has 0 unspecified atom stereocenters. The lowest BCUT2D eigenvalue weighted by Crippen LogP contribution is -2.37. The summed E-state index contributed by atoms with van der Waals surface area (Å²) in [7, 11) is -2.18. The van der Waals surface area contributed by atoms with Crippen molar-refractivity contribution < 1.29 is 17.5 Å². The molecule has 1 fully saturated rings. The minimum absolute atomic E-state index is 0.0177. The van der Waals surface area contributed by atoms with Crippen LogP contribution in [0.1, 0.15) is 24.4 Å². The number of nitrogens with zero attached hydrogens (tertiary/aromatic N) is 1. The van der Waals surface area contributed by atoms with Crippen molar-refractivity contribution in [3.63, 3.8) is 0 Å². The Morgan fingerprint density at radius 1 is 1.22 bits per heavy atom. The Balaban J connectivity index is 1.86. The first-order valence-electron chi connectivity index (χ1n) is 8.74. The van der Waals surface area contributed by atoms with E-state index in [1.807, 2.05) is 24.3 Å². The number of ether oxygens (including phenoxy) is 1. The first kappa shape index (κ1) is 20.3. The van der Waals surface area contributed by atoms with Crippen LogP contribution in [-0.2, 0) is 10.0 Å². The van der Waals surface area contributed by atoms with E-state index in [0.29, 0.717) is 0 Å². The average Bonchev–Trinajstić information content (AvgIpc) is 3.16. The molecule has 0 amide bonds. The predicted molar refractivity (Wildman–Crippen MR) is 106 cm³/mol. The molecule has 1 atom stereocenters. The summed E-state index contributed by atoms with van der Waals surface area (Å²) in [5.74, 6) is 0.237. The maximum Gasteiger partial charge on any atom is 0.241 e. The lowest BCUT2D eigenvalue weighted by molar-refractivity contribution is 0.240. The third-order valence-corrected chi connectivity index (χ3v) is 7.13. The summed E-state index contributed by atoms with van der Waals surface area (Å²) in [6, 6.07) is 11.1. The largest absolute Gasteiger partial charge is 0.496 e. The highest BCUT2D eigenvalue weighted by atomic mass is 79.9. The zero-order valence-electron chi connectivity index (χ0n) is 15.0. The Bertz CT molecular complexity index is 902. The van der Waals surface area contributed by atoms with Gasteiger partial charge in [0.15, 0.2) is 0 Å². The van der Waals surface area contributed by atoms with Gasteiger partial charge in [0.1, 0.15) is 11.6 Å². The van der Waals surface area contributed by atoms with Gasteiger partial charge in [-0.2, -0.15) is 0 Å². The van der Waals surface area contributed by atoms with Gasteiger partial charge in [-0.05, 0) is 66.1 Å². The Kier molecular flexibility index (Phi) is 6.52. The minimum atomic E-state index is -3.79. The number of rotatable bonds is 7. The summed E-state index contributed by atoms with van der Waals surface area (Å²) in [5, 5.41) is 0. The van der Waals surface area contributed by atoms with Gasteiger partial charge in [-0.1, -0.05) is 18.2 Å². The molecule has 2 aromatic rings. The fourth-order valence-corrected chi connectivity index (χ4v) is 5.48. The van der Waals surface area contributed by atoms with Gasteiger partial charge in [0.25, 0.3) is 0 Å². The first-order chi connectivity index (χ1) is 12.9. The van der Waals surface area contributed by atoms with Crippen molar-refractivity contribution in [3.8, 4) is 5.75 Å². The number of para-hydroxylation sites is 1. The van der Waals surface area contributed by atoms with Crippen LogP contribution in [0, 0.1) is 5.82 Å². The van der Waals surface area contributed by atoms with Crippen LogP contribution >= 0.6 is 15.9 Å². The Morgan fingerprint density at radius 3 is 2.59 bits per heavy atom. The fraction of sp³-hybridized carbons (Fsp3) is 0.368. The second-order valence-electron chi connectivity index (χ2n) is 6.43. The van der Waals surface area contributed by atoms with Crippen molar-refractivity contribution in [2.24, 2.45) is 0 Å². The number of methoxy groups -OCH3 is 1. The third kappa shape index (κ3) is 4.68. The van der Waals surface area contributed by atoms with E-state index in [4.69, 9.17) is 4.74 Å². The molecule has 0 saturated carbocycles. The average molecular weight is 457 g/mol. The number of hydrogen-bond donors (Lipinski definition) is 1. The molecule has 146 valence electrons. The molecule has 1 N–H and O–H groups in total. The molecule has 0 aliphatic carbocycles. The zero-order chi connectivity index (χ0) is 19.4. The summed E-state index contributed by atoms with van der Waals surface area (Å²) < 4.78 is 47.2. The number of benzene rings is 2. The van der Waals surface area contributed by atoms with Crippen molar-refractivity contribution in [1.29, 1.82) is 0 Å². The Morgan fingerprint density at radius 2 is 1.93 bits per heavy atom. The van der Waals surface area contributed by atoms with Gasteiger partial charge < -0.3 is 4.74 Å². The monoisotopic (exact) mass is 456 g/mol. The first-order valence-corrected chi connectivity index (χ1v) is 11.0. The quantitative estimate of drug-likeness (QED) is 0.689. The minimum Gasteiger partial charge on any atom is -0.496 e. The molecule has 0 spiro atoms. The standard InChI is InChI=1S/C19H22BrFN2O3S/c1-26-18-7-3-2-6-15(18)17(23-10-4-5-11-23)13-22-27(24,25)19-9-8-14(21)12-16(19)20/h2-3,6-9,12,17,22H,4-5,10-11,13H2,1H3/t17-/m1/s1. The van der Waals surface area contributed by atoms with Gasteiger partial charge in [0.05, 0.1) is 18.0 Å². The Labute approximate surface area is 167 Å². The van der Waals surface area contributed by atoms with Gasteiger partial charge in [-0.25, -0.2) is 17.5 Å². The zero-order valence-corrected chi connectivity index (χ0v) is 17.4. The van der Waals surface area contributed by atoms with E-state index in [1.54, 1.807) is 7.11 Å². The highest BCUT2D eigenvalue weighted by molar-refractivity contribution is 9.10. The van der Waals surface area contributed by atoms with Crippen molar-refractivity contribution in [3.05, 3.63) is 58.3 Å². The third-order valence-electron chi connectivity index (χ3n) is 4.73. The van der Waals surface area contributed by atoms with Crippen molar-refractivity contribution in [2.75, 3.05) is 26.7 Å². The number of nitrogens with one attached hydrogen (secondary N) is 1. The van der Waals surface area contributed by atoms with Crippen LogP contribution in [-0.4, -0.2) is 40.1 Å². The van der Waals surface area contributed by atoms with E-state index in [-0.39, 0.29) is 22.0 Å². The van der Waals surface area contributed by atoms with Gasteiger partial charge >= 0.3 is 0 Å². The molecule has 27 heavy (non-hydrogen) atoms. The summed E-state index contributed by atoms with van der Waals surface area (Å²) in [6.07, 6.45) is 2.17. The van der Waals surface area contributed by atoms with Crippen LogP contribution in [0.25, 0.3) is 0 Å². The summed E-state index contributed by atoms with van der Waals surface area (Å²) in [4.78, 5) is 2.28. The SMILES string of the molecule is COc1ccccc1[C@@H](CNS(=O)(=O)c1ccc(F)cc1Br)N1CCCC1. The van der Waals surface area contributed by atoms with Gasteiger partial charge in [-0.3, -0.25) is 4.90 Å². The molecule has 3 rings (SSSR count). The molecule has 0 radical (unpaired) electrons. The predicted octanol–water partition coefficient (Wildman–Crippen LogP) is 3.71. The molecule has 0 bridgehead atoms. The van der Waals surface area contributed by atoms with Crippen molar-refractivity contribution in [2.45, 2.75) is 23.8 Å². The molecular weight excluding hydrogens is 435 g/mol.